The van der Waals surface area contributed by atoms with Crippen LogP contribution >= 0.6 is 15.9 Å². The van der Waals surface area contributed by atoms with Crippen LogP contribution in [-0.4, -0.2) is 26.5 Å². The summed E-state index contributed by atoms with van der Waals surface area (Å²) in [5, 5.41) is 2.76. The Morgan fingerprint density at radius 2 is 2.19 bits per heavy atom. The maximum Gasteiger partial charge on any atom is 0.251 e. The van der Waals surface area contributed by atoms with Crippen LogP contribution in [0, 0.1) is 0 Å². The zero-order valence-electron chi connectivity index (χ0n) is 9.46. The lowest BCUT2D eigenvalue weighted by Gasteiger charge is -2.13. The molecule has 1 N–H and O–H groups in total. The SMILES string of the molecule is C=C(Br)CNC(=O)c1cccc(N(C)C)c1. The van der Waals surface area contributed by atoms with Gasteiger partial charge in [0.2, 0.25) is 0 Å². The van der Waals surface area contributed by atoms with Crippen LogP contribution in [-0.2, 0) is 0 Å². The molecular formula is C12H15BrN2O. The molecular weight excluding hydrogens is 268 g/mol. The Hall–Kier alpha value is -1.29. The first-order chi connectivity index (χ1) is 7.50. The summed E-state index contributed by atoms with van der Waals surface area (Å²) in [4.78, 5) is 13.7. The van der Waals surface area contributed by atoms with Crippen LogP contribution in [0.2, 0.25) is 0 Å². The Bertz CT molecular complexity index is 402. The zero-order valence-corrected chi connectivity index (χ0v) is 11.0. The molecule has 0 saturated carbocycles. The van der Waals surface area contributed by atoms with Gasteiger partial charge in [-0.15, -0.1) is 0 Å². The number of rotatable bonds is 4. The topological polar surface area (TPSA) is 32.3 Å². The summed E-state index contributed by atoms with van der Waals surface area (Å²) < 4.78 is 0.754. The quantitative estimate of drug-likeness (QED) is 0.920. The molecule has 0 aliphatic heterocycles. The highest BCUT2D eigenvalue weighted by molar-refractivity contribution is 9.11. The smallest absolute Gasteiger partial charge is 0.251 e. The van der Waals surface area contributed by atoms with Crippen molar-refractivity contribution in [1.29, 1.82) is 0 Å². The number of amides is 1. The lowest BCUT2D eigenvalue weighted by Crippen LogP contribution is -2.24. The van der Waals surface area contributed by atoms with E-state index in [-0.39, 0.29) is 5.91 Å². The molecule has 86 valence electrons. The summed E-state index contributed by atoms with van der Waals surface area (Å²) in [7, 11) is 3.88. The molecule has 1 rings (SSSR count). The van der Waals surface area contributed by atoms with Crippen molar-refractivity contribution < 1.29 is 4.79 Å². The van der Waals surface area contributed by atoms with Crippen molar-refractivity contribution in [2.75, 3.05) is 25.5 Å². The summed E-state index contributed by atoms with van der Waals surface area (Å²) in [6.45, 7) is 4.10. The highest BCUT2D eigenvalue weighted by Gasteiger charge is 2.06. The average Bonchev–Trinajstić information content (AvgIpc) is 2.26. The van der Waals surface area contributed by atoms with Crippen LogP contribution in [0.1, 0.15) is 10.4 Å². The first-order valence-corrected chi connectivity index (χ1v) is 5.69. The number of anilines is 1. The fourth-order valence-electron chi connectivity index (χ4n) is 1.20. The van der Waals surface area contributed by atoms with Crippen molar-refractivity contribution in [3.05, 3.63) is 40.9 Å². The highest BCUT2D eigenvalue weighted by Crippen LogP contribution is 2.13. The maximum absolute atomic E-state index is 11.7. The Labute approximate surface area is 104 Å². The van der Waals surface area contributed by atoms with E-state index in [4.69, 9.17) is 0 Å². The van der Waals surface area contributed by atoms with Crippen molar-refractivity contribution in [2.45, 2.75) is 0 Å². The van der Waals surface area contributed by atoms with Crippen LogP contribution < -0.4 is 10.2 Å². The van der Waals surface area contributed by atoms with Gasteiger partial charge in [-0.25, -0.2) is 0 Å². The Balaban J connectivity index is 2.75. The molecule has 0 heterocycles. The van der Waals surface area contributed by atoms with Crippen LogP contribution in [0.3, 0.4) is 0 Å². The number of hydrogen-bond donors (Lipinski definition) is 1. The molecule has 1 aromatic rings. The largest absolute Gasteiger partial charge is 0.378 e. The number of halogens is 1. The summed E-state index contributed by atoms with van der Waals surface area (Å²) in [5.41, 5.74) is 1.66. The molecule has 16 heavy (non-hydrogen) atoms. The molecule has 0 aromatic heterocycles. The number of carbonyl (C=O) groups is 1. The molecule has 0 atom stereocenters. The third-order valence-corrected chi connectivity index (χ3v) is 2.35. The van der Waals surface area contributed by atoms with E-state index in [1.54, 1.807) is 6.07 Å². The van der Waals surface area contributed by atoms with Crippen LogP contribution in [0.4, 0.5) is 5.69 Å². The molecule has 0 aliphatic carbocycles. The molecule has 1 aromatic carbocycles. The fourth-order valence-corrected chi connectivity index (χ4v) is 1.34. The average molecular weight is 283 g/mol. The minimum atomic E-state index is -0.0932. The van der Waals surface area contributed by atoms with E-state index in [0.717, 1.165) is 10.2 Å². The van der Waals surface area contributed by atoms with Gasteiger partial charge in [0.15, 0.2) is 0 Å². The van der Waals surface area contributed by atoms with Gasteiger partial charge in [-0.3, -0.25) is 4.79 Å². The number of carbonyl (C=O) groups excluding carboxylic acids is 1. The van der Waals surface area contributed by atoms with Gasteiger partial charge < -0.3 is 10.2 Å². The standard InChI is InChI=1S/C12H15BrN2O/c1-9(13)8-14-12(16)10-5-4-6-11(7-10)15(2)3/h4-7H,1,8H2,2-3H3,(H,14,16). The van der Waals surface area contributed by atoms with E-state index < -0.39 is 0 Å². The van der Waals surface area contributed by atoms with Gasteiger partial charge in [0.1, 0.15) is 0 Å². The van der Waals surface area contributed by atoms with Crippen LogP contribution in [0.5, 0.6) is 0 Å². The molecule has 0 saturated heterocycles. The van der Waals surface area contributed by atoms with Crippen molar-refractivity contribution in [2.24, 2.45) is 0 Å². The lowest BCUT2D eigenvalue weighted by molar-refractivity contribution is 0.0958. The summed E-state index contributed by atoms with van der Waals surface area (Å²) in [6.07, 6.45) is 0. The van der Waals surface area contributed by atoms with Gasteiger partial charge in [0.05, 0.1) is 0 Å². The molecule has 3 nitrogen and oxygen atoms in total. The predicted octanol–water partition coefficient (Wildman–Crippen LogP) is 2.39. The molecule has 1 amide bonds. The van der Waals surface area contributed by atoms with Gasteiger partial charge in [-0.1, -0.05) is 28.6 Å². The van der Waals surface area contributed by atoms with Crippen LogP contribution in [0.25, 0.3) is 0 Å². The van der Waals surface area contributed by atoms with E-state index in [1.807, 2.05) is 37.2 Å². The fraction of sp³-hybridized carbons (Fsp3) is 0.250. The van der Waals surface area contributed by atoms with Gasteiger partial charge in [0, 0.05) is 36.4 Å². The van der Waals surface area contributed by atoms with E-state index in [9.17, 15) is 4.79 Å². The van der Waals surface area contributed by atoms with Crippen molar-refractivity contribution in [3.63, 3.8) is 0 Å². The number of nitrogens with one attached hydrogen (secondary N) is 1. The maximum atomic E-state index is 11.7. The Morgan fingerprint density at radius 3 is 2.75 bits per heavy atom. The summed E-state index contributed by atoms with van der Waals surface area (Å²) >= 11 is 3.20. The summed E-state index contributed by atoms with van der Waals surface area (Å²) in [6, 6.07) is 7.47. The first kappa shape index (κ1) is 12.8. The molecule has 0 spiro atoms. The monoisotopic (exact) mass is 282 g/mol. The van der Waals surface area contributed by atoms with E-state index >= 15 is 0 Å². The third-order valence-electron chi connectivity index (χ3n) is 2.07. The van der Waals surface area contributed by atoms with Crippen molar-refractivity contribution in [3.8, 4) is 0 Å². The van der Waals surface area contributed by atoms with Gasteiger partial charge >= 0.3 is 0 Å². The minimum absolute atomic E-state index is 0.0932. The van der Waals surface area contributed by atoms with Crippen molar-refractivity contribution in [1.82, 2.24) is 5.32 Å². The molecule has 4 heteroatoms. The number of hydrogen-bond acceptors (Lipinski definition) is 2. The van der Waals surface area contributed by atoms with Gasteiger partial charge in [-0.05, 0) is 18.2 Å². The molecule has 0 unspecified atom stereocenters. The number of nitrogens with zero attached hydrogens (tertiary/aromatic N) is 1. The Kier molecular flexibility index (Phi) is 4.55. The van der Waals surface area contributed by atoms with Gasteiger partial charge in [-0.2, -0.15) is 0 Å². The minimum Gasteiger partial charge on any atom is -0.378 e. The Morgan fingerprint density at radius 1 is 1.50 bits per heavy atom. The number of benzene rings is 1. The molecule has 0 radical (unpaired) electrons. The molecule has 0 fully saturated rings. The second-order valence-corrected chi connectivity index (χ2v) is 4.77. The second kappa shape index (κ2) is 5.70. The third kappa shape index (κ3) is 3.70. The summed E-state index contributed by atoms with van der Waals surface area (Å²) in [5.74, 6) is -0.0932. The van der Waals surface area contributed by atoms with E-state index in [0.29, 0.717) is 12.1 Å². The van der Waals surface area contributed by atoms with Crippen molar-refractivity contribution >= 4 is 27.5 Å². The van der Waals surface area contributed by atoms with Crippen LogP contribution in [0.15, 0.2) is 35.3 Å². The first-order valence-electron chi connectivity index (χ1n) is 4.89. The zero-order chi connectivity index (χ0) is 12.1. The highest BCUT2D eigenvalue weighted by atomic mass is 79.9. The van der Waals surface area contributed by atoms with E-state index in [2.05, 4.69) is 27.8 Å². The normalized spacial score (nSPS) is 9.69. The molecule has 0 bridgehead atoms. The molecule has 0 aliphatic rings. The lowest BCUT2D eigenvalue weighted by atomic mass is 10.2. The second-order valence-electron chi connectivity index (χ2n) is 3.64. The van der Waals surface area contributed by atoms with Gasteiger partial charge in [0.25, 0.3) is 5.91 Å². The predicted molar refractivity (Wildman–Crippen MR) is 71.2 cm³/mol. The van der Waals surface area contributed by atoms with E-state index in [1.165, 1.54) is 0 Å².